The second kappa shape index (κ2) is 5.09. The first-order valence-corrected chi connectivity index (χ1v) is 5.88. The monoisotopic (exact) mass is 251 g/mol. The summed E-state index contributed by atoms with van der Waals surface area (Å²) in [5.41, 5.74) is 0.360. The van der Waals surface area contributed by atoms with Crippen LogP contribution in [-0.2, 0) is 4.79 Å². The van der Waals surface area contributed by atoms with Gasteiger partial charge in [0, 0.05) is 5.56 Å². The summed E-state index contributed by atoms with van der Waals surface area (Å²) in [5.74, 6) is -0.442. The van der Waals surface area contributed by atoms with Crippen LogP contribution in [0.4, 0.5) is 4.39 Å². The molecule has 1 fully saturated rings. The molecule has 1 aliphatic rings. The summed E-state index contributed by atoms with van der Waals surface area (Å²) in [5, 5.41) is 10.4. The number of carbonyl (C=O) groups is 1. The third-order valence-electron chi connectivity index (χ3n) is 2.14. The fraction of sp³-hybridized carbons (Fsp3) is 0.182. The maximum Gasteiger partial charge on any atom is 0.239 e. The van der Waals surface area contributed by atoms with Gasteiger partial charge < -0.3 is 5.32 Å². The maximum absolute atomic E-state index is 13.2. The molecule has 17 heavy (non-hydrogen) atoms. The van der Waals surface area contributed by atoms with Crippen molar-refractivity contribution < 1.29 is 9.18 Å². The number of hydrogen-bond acceptors (Lipinski definition) is 4. The largest absolute Gasteiger partial charge is 0.303 e. The van der Waals surface area contributed by atoms with Crippen molar-refractivity contribution in [2.24, 2.45) is 10.2 Å². The van der Waals surface area contributed by atoms with Crippen molar-refractivity contribution in [1.82, 2.24) is 5.32 Å². The summed E-state index contributed by atoms with van der Waals surface area (Å²) in [4.78, 5) is 11.1. The SMILES string of the molecule is C[C@@H]1S/C(=N\N=C/c2ccccc2F)NC1=O. The van der Waals surface area contributed by atoms with Gasteiger partial charge in [0.1, 0.15) is 5.82 Å². The molecule has 1 aliphatic heterocycles. The van der Waals surface area contributed by atoms with Gasteiger partial charge in [0.2, 0.25) is 5.91 Å². The van der Waals surface area contributed by atoms with E-state index in [1.165, 1.54) is 24.0 Å². The molecule has 1 aromatic rings. The van der Waals surface area contributed by atoms with E-state index in [4.69, 9.17) is 0 Å². The number of benzene rings is 1. The molecule has 1 N–H and O–H groups in total. The van der Waals surface area contributed by atoms with Gasteiger partial charge in [-0.15, -0.1) is 5.10 Å². The number of carbonyl (C=O) groups excluding carboxylic acids is 1. The topological polar surface area (TPSA) is 53.8 Å². The fourth-order valence-electron chi connectivity index (χ4n) is 1.23. The van der Waals surface area contributed by atoms with Crippen LogP contribution in [0.2, 0.25) is 0 Å². The Kier molecular flexibility index (Phi) is 3.53. The molecule has 2 rings (SSSR count). The molecule has 1 aromatic carbocycles. The average Bonchev–Trinajstić information content (AvgIpc) is 2.61. The molecule has 0 spiro atoms. The first-order valence-electron chi connectivity index (χ1n) is 5.00. The Morgan fingerprint density at radius 1 is 1.47 bits per heavy atom. The number of amides is 1. The molecule has 1 heterocycles. The van der Waals surface area contributed by atoms with E-state index in [0.717, 1.165) is 0 Å². The molecule has 0 aliphatic carbocycles. The summed E-state index contributed by atoms with van der Waals surface area (Å²) in [6.45, 7) is 1.78. The number of nitrogens with one attached hydrogen (secondary N) is 1. The minimum Gasteiger partial charge on any atom is -0.303 e. The Hall–Kier alpha value is -1.69. The second-order valence-corrected chi connectivity index (χ2v) is 4.75. The highest BCUT2D eigenvalue weighted by Gasteiger charge is 2.25. The van der Waals surface area contributed by atoms with Gasteiger partial charge >= 0.3 is 0 Å². The van der Waals surface area contributed by atoms with Crippen LogP contribution >= 0.6 is 11.8 Å². The van der Waals surface area contributed by atoms with Crippen molar-refractivity contribution in [3.63, 3.8) is 0 Å². The van der Waals surface area contributed by atoms with Gasteiger partial charge in [-0.25, -0.2) is 4.39 Å². The quantitative estimate of drug-likeness (QED) is 0.643. The van der Waals surface area contributed by atoms with E-state index in [9.17, 15) is 9.18 Å². The van der Waals surface area contributed by atoms with Crippen LogP contribution in [0.1, 0.15) is 12.5 Å². The third kappa shape index (κ3) is 2.91. The molecular formula is C11H10FN3OS. The molecule has 0 radical (unpaired) electrons. The highest BCUT2D eigenvalue weighted by molar-refractivity contribution is 8.15. The molecule has 0 unspecified atom stereocenters. The lowest BCUT2D eigenvalue weighted by Crippen LogP contribution is -2.23. The molecule has 88 valence electrons. The first-order chi connectivity index (χ1) is 8.16. The number of nitrogens with zero attached hydrogens (tertiary/aromatic N) is 2. The zero-order valence-electron chi connectivity index (χ0n) is 9.05. The Morgan fingerprint density at radius 2 is 2.24 bits per heavy atom. The van der Waals surface area contributed by atoms with Crippen LogP contribution in [0.25, 0.3) is 0 Å². The predicted octanol–water partition coefficient (Wildman–Crippen LogP) is 1.77. The molecular weight excluding hydrogens is 241 g/mol. The number of rotatable bonds is 2. The molecule has 0 bridgehead atoms. The Morgan fingerprint density at radius 3 is 2.88 bits per heavy atom. The lowest BCUT2D eigenvalue weighted by molar-refractivity contribution is -0.118. The van der Waals surface area contributed by atoms with E-state index in [-0.39, 0.29) is 17.0 Å². The Bertz CT molecular complexity index is 501. The maximum atomic E-state index is 13.2. The van der Waals surface area contributed by atoms with Crippen molar-refractivity contribution in [2.45, 2.75) is 12.2 Å². The van der Waals surface area contributed by atoms with Gasteiger partial charge in [-0.3, -0.25) is 4.79 Å². The van der Waals surface area contributed by atoms with Crippen LogP contribution < -0.4 is 5.32 Å². The smallest absolute Gasteiger partial charge is 0.239 e. The van der Waals surface area contributed by atoms with Gasteiger partial charge in [-0.05, 0) is 13.0 Å². The van der Waals surface area contributed by atoms with Gasteiger partial charge in [0.05, 0.1) is 11.5 Å². The van der Waals surface area contributed by atoms with Crippen molar-refractivity contribution >= 4 is 29.1 Å². The lowest BCUT2D eigenvalue weighted by Gasteiger charge is -1.93. The molecule has 1 saturated heterocycles. The lowest BCUT2D eigenvalue weighted by atomic mass is 10.2. The molecule has 1 atom stereocenters. The number of hydrogen-bond donors (Lipinski definition) is 1. The summed E-state index contributed by atoms with van der Waals surface area (Å²) in [6.07, 6.45) is 1.32. The molecule has 0 aromatic heterocycles. The summed E-state index contributed by atoms with van der Waals surface area (Å²) in [6, 6.07) is 6.27. The third-order valence-corrected chi connectivity index (χ3v) is 3.11. The van der Waals surface area contributed by atoms with Crippen molar-refractivity contribution in [3.05, 3.63) is 35.6 Å². The van der Waals surface area contributed by atoms with Crippen LogP contribution in [0.3, 0.4) is 0 Å². The summed E-state index contributed by atoms with van der Waals surface area (Å²) < 4.78 is 13.2. The predicted molar refractivity (Wildman–Crippen MR) is 66.6 cm³/mol. The first kappa shape index (κ1) is 11.8. The highest BCUT2D eigenvalue weighted by Crippen LogP contribution is 2.18. The second-order valence-electron chi connectivity index (χ2n) is 3.42. The highest BCUT2D eigenvalue weighted by atomic mass is 32.2. The van der Waals surface area contributed by atoms with Gasteiger partial charge in [-0.2, -0.15) is 5.10 Å². The van der Waals surface area contributed by atoms with Crippen molar-refractivity contribution in [3.8, 4) is 0 Å². The van der Waals surface area contributed by atoms with E-state index in [2.05, 4.69) is 15.5 Å². The average molecular weight is 251 g/mol. The molecule has 6 heteroatoms. The summed E-state index contributed by atoms with van der Waals surface area (Å²) in [7, 11) is 0. The Balaban J connectivity index is 2.06. The van der Waals surface area contributed by atoms with E-state index in [1.807, 2.05) is 0 Å². The minimum absolute atomic E-state index is 0.0881. The summed E-state index contributed by atoms with van der Waals surface area (Å²) >= 11 is 1.29. The molecule has 0 saturated carbocycles. The molecule has 1 amide bonds. The van der Waals surface area contributed by atoms with E-state index in [1.54, 1.807) is 25.1 Å². The van der Waals surface area contributed by atoms with Crippen LogP contribution in [0.5, 0.6) is 0 Å². The van der Waals surface area contributed by atoms with E-state index < -0.39 is 0 Å². The van der Waals surface area contributed by atoms with E-state index >= 15 is 0 Å². The van der Waals surface area contributed by atoms with Crippen LogP contribution in [-0.4, -0.2) is 22.5 Å². The number of halogens is 1. The Labute approximate surface area is 102 Å². The normalized spacial score (nSPS) is 22.4. The zero-order chi connectivity index (χ0) is 12.3. The van der Waals surface area contributed by atoms with E-state index in [0.29, 0.717) is 10.7 Å². The molecule has 4 nitrogen and oxygen atoms in total. The standard InChI is InChI=1S/C11H10FN3OS/c1-7-10(16)14-11(17-7)15-13-6-8-4-2-3-5-9(8)12/h2-7H,1H3,(H,14,15,16)/b13-6-/t7-/m0/s1. The minimum atomic E-state index is -0.354. The van der Waals surface area contributed by atoms with Gasteiger partial charge in [-0.1, -0.05) is 30.0 Å². The number of thioether (sulfide) groups is 1. The van der Waals surface area contributed by atoms with Crippen LogP contribution in [0, 0.1) is 5.82 Å². The van der Waals surface area contributed by atoms with Gasteiger partial charge in [0.15, 0.2) is 5.17 Å². The zero-order valence-corrected chi connectivity index (χ0v) is 9.87. The van der Waals surface area contributed by atoms with Crippen molar-refractivity contribution in [2.75, 3.05) is 0 Å². The van der Waals surface area contributed by atoms with Crippen LogP contribution in [0.15, 0.2) is 34.5 Å². The number of amidine groups is 1. The van der Waals surface area contributed by atoms with Crippen molar-refractivity contribution in [1.29, 1.82) is 0 Å². The van der Waals surface area contributed by atoms with Gasteiger partial charge in [0.25, 0.3) is 0 Å². The fourth-order valence-corrected chi connectivity index (χ4v) is 1.98.